The van der Waals surface area contributed by atoms with Gasteiger partial charge in [-0.05, 0) is 70.6 Å². The molecule has 1 saturated carbocycles. The molecule has 0 amide bonds. The first-order valence-corrected chi connectivity index (χ1v) is 24.4. The Kier molecular flexibility index (Phi) is 29.5. The predicted octanol–water partition coefficient (Wildman–Crippen LogP) is 7.60. The number of aliphatic hydroxyl groups is 5. The van der Waals surface area contributed by atoms with Gasteiger partial charge in [0.2, 0.25) is 0 Å². The van der Waals surface area contributed by atoms with Crippen LogP contribution in [0.2, 0.25) is 0 Å². The van der Waals surface area contributed by atoms with E-state index >= 15 is 0 Å². The fourth-order valence-corrected chi connectivity index (χ4v) is 8.00. The van der Waals surface area contributed by atoms with Crippen LogP contribution >= 0.6 is 7.82 Å². The van der Waals surface area contributed by atoms with E-state index in [1.807, 2.05) is 0 Å². The third-order valence-corrected chi connectivity index (χ3v) is 11.9. The number of hydrogen-bond donors (Lipinski definition) is 6. The molecule has 1 aliphatic carbocycles. The molecular formula is C45H79O14P. The number of carbonyl (C=O) groups is 2. The summed E-state index contributed by atoms with van der Waals surface area (Å²) in [5.74, 6) is -1.14. The number of epoxide rings is 1. The van der Waals surface area contributed by atoms with Gasteiger partial charge in [0.25, 0.3) is 0 Å². The summed E-state index contributed by atoms with van der Waals surface area (Å²) in [6.07, 6.45) is 23.5. The first kappa shape index (κ1) is 54.2. The number of rotatable bonds is 36. The van der Waals surface area contributed by atoms with Crippen molar-refractivity contribution in [3.05, 3.63) is 36.5 Å². The van der Waals surface area contributed by atoms with Crippen molar-refractivity contribution in [2.45, 2.75) is 223 Å². The summed E-state index contributed by atoms with van der Waals surface area (Å²) in [6.45, 7) is 3.20. The van der Waals surface area contributed by atoms with Gasteiger partial charge in [0, 0.05) is 12.8 Å². The molecule has 0 spiro atoms. The molecule has 348 valence electrons. The average molecular weight is 875 g/mol. The summed E-state index contributed by atoms with van der Waals surface area (Å²) in [5, 5.41) is 50.1. The second-order valence-electron chi connectivity index (χ2n) is 16.3. The van der Waals surface area contributed by atoms with Crippen LogP contribution in [-0.2, 0) is 37.4 Å². The smallest absolute Gasteiger partial charge is 0.462 e. The summed E-state index contributed by atoms with van der Waals surface area (Å²) >= 11 is 0. The van der Waals surface area contributed by atoms with Crippen molar-refractivity contribution in [2.24, 2.45) is 0 Å². The molecule has 0 bridgehead atoms. The number of unbranched alkanes of at least 4 members (excludes halogenated alkanes) is 15. The van der Waals surface area contributed by atoms with Gasteiger partial charge in [-0.2, -0.15) is 0 Å². The molecule has 10 atom stereocenters. The maximum Gasteiger partial charge on any atom is 0.472 e. The van der Waals surface area contributed by atoms with E-state index in [0.29, 0.717) is 25.0 Å². The number of phosphoric acid groups is 1. The highest BCUT2D eigenvalue weighted by Crippen LogP contribution is 2.47. The zero-order chi connectivity index (χ0) is 44.0. The molecule has 14 nitrogen and oxygen atoms in total. The Balaban J connectivity index is 1.73. The van der Waals surface area contributed by atoms with Crippen LogP contribution in [0.15, 0.2) is 36.5 Å². The van der Waals surface area contributed by atoms with Crippen LogP contribution in [-0.4, -0.2) is 111 Å². The third kappa shape index (κ3) is 24.6. The van der Waals surface area contributed by atoms with Crippen LogP contribution in [0, 0.1) is 0 Å². The predicted molar refractivity (Wildman–Crippen MR) is 230 cm³/mol. The van der Waals surface area contributed by atoms with Crippen molar-refractivity contribution in [1.29, 1.82) is 0 Å². The van der Waals surface area contributed by atoms with E-state index in [2.05, 4.69) is 50.3 Å². The van der Waals surface area contributed by atoms with Gasteiger partial charge in [0.15, 0.2) is 6.10 Å². The van der Waals surface area contributed by atoms with Crippen molar-refractivity contribution < 1.29 is 67.8 Å². The van der Waals surface area contributed by atoms with Gasteiger partial charge < -0.3 is 44.6 Å². The lowest BCUT2D eigenvalue weighted by atomic mass is 9.85. The summed E-state index contributed by atoms with van der Waals surface area (Å²) in [7, 11) is -5.13. The minimum Gasteiger partial charge on any atom is -0.462 e. The molecule has 5 unspecified atom stereocenters. The Morgan fingerprint density at radius 3 is 1.70 bits per heavy atom. The standard InChI is InChI=1S/C45H79O14P/c1-3-5-7-9-11-12-13-14-15-16-17-18-19-23-27-31-38(46)55-33-35(34-56-60(53,54)59-45-43(51)41(49)40(48)42(50)44(45)52)57-39(47)32-28-24-20-22-26-30-37-36(58-37)29-25-21-10-8-6-4-2/h11-12,14-15,21,25,35-37,40-45,48-52H,3-10,13,16-20,22-24,26-34H2,1-2H3,(H,53,54)/b12-11-,15-14-,25-21-/t35-,36?,37?,40?,41-,42+,43-,44-,45?/m1/s1. The summed E-state index contributed by atoms with van der Waals surface area (Å²) < 4.78 is 39.3. The minimum atomic E-state index is -5.13. The van der Waals surface area contributed by atoms with Gasteiger partial charge in [-0.1, -0.05) is 121 Å². The van der Waals surface area contributed by atoms with Crippen molar-refractivity contribution in [3.63, 3.8) is 0 Å². The zero-order valence-electron chi connectivity index (χ0n) is 36.4. The summed E-state index contributed by atoms with van der Waals surface area (Å²) in [5.41, 5.74) is 0. The SMILES string of the molecule is CCCCC/C=C\C/C=C\CCCCCCCC(=O)OC[C@H](COP(=O)(O)OC1[C@H](O)[C@H](O)C(O)[C@H](O)[C@H]1O)OC(=O)CCCCCCCC1OC1C/C=C\CCCCC. The molecule has 1 aliphatic heterocycles. The number of aliphatic hydroxyl groups excluding tert-OH is 5. The number of hydrogen-bond acceptors (Lipinski definition) is 13. The van der Waals surface area contributed by atoms with Gasteiger partial charge in [-0.3, -0.25) is 18.6 Å². The van der Waals surface area contributed by atoms with Crippen LogP contribution in [0.25, 0.3) is 0 Å². The van der Waals surface area contributed by atoms with Gasteiger partial charge in [0.05, 0.1) is 18.8 Å². The first-order valence-electron chi connectivity index (χ1n) is 22.9. The highest BCUT2D eigenvalue weighted by atomic mass is 31.2. The third-order valence-electron chi connectivity index (χ3n) is 10.9. The zero-order valence-corrected chi connectivity index (χ0v) is 37.3. The molecule has 1 saturated heterocycles. The summed E-state index contributed by atoms with van der Waals surface area (Å²) in [4.78, 5) is 35.7. The van der Waals surface area contributed by atoms with Gasteiger partial charge in [0.1, 0.15) is 43.2 Å². The number of allylic oxidation sites excluding steroid dienone is 5. The molecule has 0 radical (unpaired) electrons. The Hall–Kier alpha value is -1.97. The van der Waals surface area contributed by atoms with E-state index in [-0.39, 0.29) is 12.8 Å². The molecule has 0 aromatic rings. The summed E-state index contributed by atoms with van der Waals surface area (Å²) in [6, 6.07) is 0. The maximum absolute atomic E-state index is 12.8. The second kappa shape index (κ2) is 32.7. The molecule has 6 N–H and O–H groups in total. The van der Waals surface area contributed by atoms with Crippen LogP contribution in [0.3, 0.4) is 0 Å². The maximum atomic E-state index is 12.8. The van der Waals surface area contributed by atoms with Crippen molar-refractivity contribution in [3.8, 4) is 0 Å². The Bertz CT molecular complexity index is 1260. The lowest BCUT2D eigenvalue weighted by molar-refractivity contribution is -0.220. The van der Waals surface area contributed by atoms with Crippen LogP contribution in [0.5, 0.6) is 0 Å². The monoisotopic (exact) mass is 875 g/mol. The Labute approximate surface area is 359 Å². The number of esters is 2. The topological polar surface area (TPSA) is 222 Å². The van der Waals surface area contributed by atoms with E-state index in [1.54, 1.807) is 0 Å². The molecule has 2 aliphatic rings. The Morgan fingerprint density at radius 2 is 1.10 bits per heavy atom. The molecule has 2 rings (SSSR count). The lowest BCUT2D eigenvalue weighted by Crippen LogP contribution is -2.64. The van der Waals surface area contributed by atoms with E-state index in [4.69, 9.17) is 23.3 Å². The quantitative estimate of drug-likeness (QED) is 0.0117. The van der Waals surface area contributed by atoms with E-state index in [0.717, 1.165) is 89.9 Å². The van der Waals surface area contributed by atoms with E-state index in [1.165, 1.54) is 38.5 Å². The molecule has 0 aromatic carbocycles. The molecule has 0 aromatic heterocycles. The molecule has 15 heteroatoms. The highest BCUT2D eigenvalue weighted by molar-refractivity contribution is 7.47. The second-order valence-corrected chi connectivity index (χ2v) is 17.7. The largest absolute Gasteiger partial charge is 0.472 e. The number of carbonyl (C=O) groups excluding carboxylic acids is 2. The lowest BCUT2D eigenvalue weighted by Gasteiger charge is -2.41. The fourth-order valence-electron chi connectivity index (χ4n) is 7.03. The molecule has 2 fully saturated rings. The van der Waals surface area contributed by atoms with Crippen molar-refractivity contribution in [2.75, 3.05) is 13.2 Å². The number of ether oxygens (including phenoxy) is 3. The minimum absolute atomic E-state index is 0.0701. The van der Waals surface area contributed by atoms with Gasteiger partial charge in [-0.25, -0.2) is 4.57 Å². The molecular weight excluding hydrogens is 795 g/mol. The van der Waals surface area contributed by atoms with Crippen LogP contribution in [0.4, 0.5) is 0 Å². The highest BCUT2D eigenvalue weighted by Gasteiger charge is 2.51. The van der Waals surface area contributed by atoms with Gasteiger partial charge in [-0.15, -0.1) is 0 Å². The van der Waals surface area contributed by atoms with E-state index in [9.17, 15) is 44.6 Å². The van der Waals surface area contributed by atoms with Gasteiger partial charge >= 0.3 is 19.8 Å². The average Bonchev–Trinajstić information content (AvgIpc) is 3.99. The van der Waals surface area contributed by atoms with Crippen molar-refractivity contribution in [1.82, 2.24) is 0 Å². The van der Waals surface area contributed by atoms with E-state index < -0.39 is 75.7 Å². The van der Waals surface area contributed by atoms with Crippen molar-refractivity contribution >= 4 is 19.8 Å². The van der Waals surface area contributed by atoms with Crippen LogP contribution < -0.4 is 0 Å². The first-order chi connectivity index (χ1) is 28.9. The Morgan fingerprint density at radius 1 is 0.600 bits per heavy atom. The number of phosphoric ester groups is 1. The fraction of sp³-hybridized carbons (Fsp3) is 0.822. The molecule has 60 heavy (non-hydrogen) atoms. The normalized spacial score (nSPS) is 25.9. The molecule has 1 heterocycles. The van der Waals surface area contributed by atoms with Crippen LogP contribution in [0.1, 0.15) is 168 Å².